The quantitative estimate of drug-likeness (QED) is 0.458. The summed E-state index contributed by atoms with van der Waals surface area (Å²) in [6.07, 6.45) is 0. The van der Waals surface area contributed by atoms with E-state index in [2.05, 4.69) is 16.4 Å². The van der Waals surface area contributed by atoms with Gasteiger partial charge in [0.05, 0.1) is 0 Å². The highest BCUT2D eigenvalue weighted by molar-refractivity contribution is 8.67. The van der Waals surface area contributed by atoms with Gasteiger partial charge in [0.25, 0.3) is 0 Å². The Bertz CT molecular complexity index is 306. The lowest BCUT2D eigenvalue weighted by Crippen LogP contribution is -2.00. The van der Waals surface area contributed by atoms with Crippen LogP contribution in [0.15, 0.2) is 18.2 Å². The molecule has 0 radical (unpaired) electrons. The van der Waals surface area contributed by atoms with E-state index in [1.165, 1.54) is 11.0 Å². The molecule has 0 aromatic heterocycles. The van der Waals surface area contributed by atoms with Crippen molar-refractivity contribution < 1.29 is 9.47 Å². The number of rotatable bonds is 3. The van der Waals surface area contributed by atoms with E-state index in [0.717, 1.165) is 23.6 Å². The molecule has 0 spiro atoms. The third kappa shape index (κ3) is 2.04. The molecule has 1 N–H and O–H groups in total. The molecule has 2 rings (SSSR count). The second kappa shape index (κ2) is 4.13. The Morgan fingerprint density at radius 3 is 3.08 bits per heavy atom. The fourth-order valence-corrected chi connectivity index (χ4v) is 1.59. The van der Waals surface area contributed by atoms with Crippen LogP contribution in [0.4, 0.5) is 0 Å². The van der Waals surface area contributed by atoms with Gasteiger partial charge in [-0.2, -0.15) is 0 Å². The van der Waals surface area contributed by atoms with Gasteiger partial charge in [-0.05, 0) is 28.7 Å². The molecular weight excluding hydrogens is 206 g/mol. The van der Waals surface area contributed by atoms with Crippen LogP contribution in [0.25, 0.3) is 0 Å². The molecule has 1 aliphatic heterocycles. The molecule has 0 aliphatic carbocycles. The first kappa shape index (κ1) is 9.05. The lowest BCUT2D eigenvalue weighted by molar-refractivity contribution is 0.174. The van der Waals surface area contributed by atoms with E-state index >= 15 is 0 Å². The summed E-state index contributed by atoms with van der Waals surface area (Å²) < 4.78 is 13.5. The molecule has 1 aromatic carbocycles. The first-order valence-corrected chi connectivity index (χ1v) is 5.69. The number of ether oxygens (including phenoxy) is 2. The summed E-state index contributed by atoms with van der Waals surface area (Å²) in [5, 5.41) is 0. The molecule has 5 heteroatoms. The average molecular weight is 215 g/mol. The fraction of sp³-hybridized carbons (Fsp3) is 0.250. The van der Waals surface area contributed by atoms with Gasteiger partial charge in [-0.15, -0.1) is 0 Å². The summed E-state index contributed by atoms with van der Waals surface area (Å²) in [6, 6.07) is 5.90. The van der Waals surface area contributed by atoms with Crippen molar-refractivity contribution in [3.8, 4) is 11.5 Å². The highest BCUT2D eigenvalue weighted by Gasteiger charge is 2.12. The van der Waals surface area contributed by atoms with E-state index in [9.17, 15) is 0 Å². The maximum absolute atomic E-state index is 5.24. The lowest BCUT2D eigenvalue weighted by Gasteiger charge is -2.01. The molecule has 0 saturated heterocycles. The zero-order valence-electron chi connectivity index (χ0n) is 6.82. The van der Waals surface area contributed by atoms with Crippen LogP contribution < -0.4 is 14.2 Å². The van der Waals surface area contributed by atoms with Crippen molar-refractivity contribution in [3.63, 3.8) is 0 Å². The van der Waals surface area contributed by atoms with E-state index < -0.39 is 0 Å². The minimum atomic E-state index is 0.327. The van der Waals surface area contributed by atoms with Crippen molar-refractivity contribution in [1.29, 1.82) is 0 Å². The molecule has 3 nitrogen and oxygen atoms in total. The lowest BCUT2D eigenvalue weighted by atomic mass is 10.2. The third-order valence-electron chi connectivity index (χ3n) is 1.78. The summed E-state index contributed by atoms with van der Waals surface area (Å²) in [4.78, 5) is 0. The third-order valence-corrected chi connectivity index (χ3v) is 2.44. The monoisotopic (exact) mass is 215 g/mol. The molecule has 0 amide bonds. The first-order chi connectivity index (χ1) is 6.40. The number of fused-ring (bicyclic) bond motifs is 1. The molecule has 0 bridgehead atoms. The fourth-order valence-electron chi connectivity index (χ4n) is 1.17. The summed E-state index contributed by atoms with van der Waals surface area (Å²) in [5.41, 5.74) is 1.16. The zero-order chi connectivity index (χ0) is 9.10. The summed E-state index contributed by atoms with van der Waals surface area (Å²) >= 11 is 3.98. The number of nitrogens with one attached hydrogen (secondary N) is 1. The summed E-state index contributed by atoms with van der Waals surface area (Å²) in [7, 11) is 1.30. The first-order valence-electron chi connectivity index (χ1n) is 3.82. The summed E-state index contributed by atoms with van der Waals surface area (Å²) in [6.45, 7) is 1.10. The van der Waals surface area contributed by atoms with Gasteiger partial charge in [0.1, 0.15) is 0 Å². The van der Waals surface area contributed by atoms with Crippen molar-refractivity contribution in [2.45, 2.75) is 6.54 Å². The van der Waals surface area contributed by atoms with E-state index in [1.54, 1.807) is 0 Å². The van der Waals surface area contributed by atoms with Gasteiger partial charge in [0.15, 0.2) is 11.5 Å². The van der Waals surface area contributed by atoms with Crippen molar-refractivity contribution in [2.75, 3.05) is 6.79 Å². The standard InChI is InChI=1S/C8H9NO2S2/c12-13-9-4-6-1-2-7-8(3-6)11-5-10-7/h1-3,9,12H,4-5H2. The number of thiol groups is 1. The Kier molecular flexibility index (Phi) is 2.87. The molecular formula is C8H9NO2S2. The molecule has 13 heavy (non-hydrogen) atoms. The molecule has 0 fully saturated rings. The second-order valence-corrected chi connectivity index (χ2v) is 3.62. The van der Waals surface area contributed by atoms with Crippen molar-refractivity contribution in [3.05, 3.63) is 23.8 Å². The van der Waals surface area contributed by atoms with Crippen LogP contribution in [0.2, 0.25) is 0 Å². The van der Waals surface area contributed by atoms with Crippen LogP contribution in [-0.2, 0) is 6.54 Å². The Morgan fingerprint density at radius 1 is 1.38 bits per heavy atom. The Labute approximate surface area is 85.7 Å². The Hall–Kier alpha value is -0.520. The Balaban J connectivity index is 2.12. The van der Waals surface area contributed by atoms with E-state index in [1.807, 2.05) is 18.2 Å². The van der Waals surface area contributed by atoms with Gasteiger partial charge in [-0.1, -0.05) is 17.7 Å². The smallest absolute Gasteiger partial charge is 0.231 e. The van der Waals surface area contributed by atoms with E-state index in [4.69, 9.17) is 9.47 Å². The van der Waals surface area contributed by atoms with Crippen LogP contribution in [-0.4, -0.2) is 6.79 Å². The van der Waals surface area contributed by atoms with Crippen LogP contribution in [0.3, 0.4) is 0 Å². The average Bonchev–Trinajstić information content (AvgIpc) is 2.61. The van der Waals surface area contributed by atoms with Gasteiger partial charge in [-0.25, -0.2) is 0 Å². The number of hydrogen-bond donors (Lipinski definition) is 2. The summed E-state index contributed by atoms with van der Waals surface area (Å²) in [5.74, 6) is 1.64. The second-order valence-electron chi connectivity index (χ2n) is 2.60. The highest BCUT2D eigenvalue weighted by Crippen LogP contribution is 2.32. The van der Waals surface area contributed by atoms with Gasteiger partial charge in [0, 0.05) is 6.54 Å². The zero-order valence-corrected chi connectivity index (χ0v) is 8.53. The van der Waals surface area contributed by atoms with Crippen molar-refractivity contribution in [1.82, 2.24) is 4.72 Å². The van der Waals surface area contributed by atoms with Crippen molar-refractivity contribution >= 4 is 22.6 Å². The molecule has 0 saturated carbocycles. The van der Waals surface area contributed by atoms with Gasteiger partial charge in [0.2, 0.25) is 6.79 Å². The SMILES string of the molecule is SSNCc1ccc2c(c1)OCO2. The normalized spacial score (nSPS) is 13.3. The highest BCUT2D eigenvalue weighted by atomic mass is 33.1. The number of benzene rings is 1. The van der Waals surface area contributed by atoms with Gasteiger partial charge >= 0.3 is 0 Å². The maximum Gasteiger partial charge on any atom is 0.231 e. The van der Waals surface area contributed by atoms with Crippen LogP contribution in [0.5, 0.6) is 11.5 Å². The van der Waals surface area contributed by atoms with E-state index in [0.29, 0.717) is 6.79 Å². The molecule has 1 aromatic rings. The van der Waals surface area contributed by atoms with E-state index in [-0.39, 0.29) is 0 Å². The van der Waals surface area contributed by atoms with Gasteiger partial charge < -0.3 is 9.47 Å². The molecule has 70 valence electrons. The maximum atomic E-state index is 5.24. The Morgan fingerprint density at radius 2 is 2.23 bits per heavy atom. The molecule has 0 unspecified atom stereocenters. The molecule has 1 heterocycles. The topological polar surface area (TPSA) is 30.5 Å². The molecule has 1 aliphatic rings. The largest absolute Gasteiger partial charge is 0.454 e. The minimum absolute atomic E-state index is 0.327. The van der Waals surface area contributed by atoms with Crippen LogP contribution in [0.1, 0.15) is 5.56 Å². The van der Waals surface area contributed by atoms with Crippen LogP contribution in [0, 0.1) is 0 Å². The minimum Gasteiger partial charge on any atom is -0.454 e. The predicted molar refractivity (Wildman–Crippen MR) is 56.0 cm³/mol. The molecule has 0 atom stereocenters. The van der Waals surface area contributed by atoms with Gasteiger partial charge in [-0.3, -0.25) is 4.72 Å². The number of hydrogen-bond acceptors (Lipinski definition) is 5. The predicted octanol–water partition coefficient (Wildman–Crippen LogP) is 2.00. The van der Waals surface area contributed by atoms with Crippen molar-refractivity contribution in [2.24, 2.45) is 0 Å². The van der Waals surface area contributed by atoms with Crippen LogP contribution >= 0.6 is 22.6 Å².